The van der Waals surface area contributed by atoms with Crippen LogP contribution in [0, 0.1) is 23.3 Å². The molecule has 0 bridgehead atoms. The minimum Gasteiger partial charge on any atom is -0.321 e. The molecule has 0 aliphatic carbocycles. The maximum atomic E-state index is 14.1. The molecule has 0 unspecified atom stereocenters. The van der Waals surface area contributed by atoms with Crippen molar-refractivity contribution in [2.24, 2.45) is 0 Å². The molecule has 3 aromatic carbocycles. The molecule has 0 spiro atoms. The van der Waals surface area contributed by atoms with Crippen molar-refractivity contribution in [3.63, 3.8) is 0 Å². The number of nitrogens with one attached hydrogen (secondary N) is 3. The molecule has 0 fully saturated rings. The molecule has 0 aliphatic heterocycles. The van der Waals surface area contributed by atoms with E-state index in [0.29, 0.717) is 16.0 Å². The first-order valence-electron chi connectivity index (χ1n) is 12.2. The Balaban J connectivity index is 1.44. The van der Waals surface area contributed by atoms with E-state index in [1.54, 1.807) is 52.5 Å². The van der Waals surface area contributed by atoms with E-state index >= 15 is 0 Å². The topological polar surface area (TPSA) is 87.3 Å². The fourth-order valence-corrected chi connectivity index (χ4v) is 5.02. The lowest BCUT2D eigenvalue weighted by Crippen LogP contribution is -2.30. The zero-order valence-electron chi connectivity index (χ0n) is 21.9. The number of halogens is 7. The third-order valence-electron chi connectivity index (χ3n) is 5.66. The van der Waals surface area contributed by atoms with Crippen molar-refractivity contribution in [1.82, 2.24) is 5.32 Å². The Morgan fingerprint density at radius 2 is 1.52 bits per heavy atom. The Hall–Kier alpha value is -4.63. The molecule has 4 aromatic rings. The number of benzene rings is 3. The van der Waals surface area contributed by atoms with Crippen LogP contribution < -0.4 is 16.0 Å². The van der Waals surface area contributed by atoms with Crippen LogP contribution in [0.5, 0.6) is 0 Å². The summed E-state index contributed by atoms with van der Waals surface area (Å²) in [5.74, 6) is -13.2. The highest BCUT2D eigenvalue weighted by molar-refractivity contribution is 8.00. The highest BCUT2D eigenvalue weighted by atomic mass is 32.2. The van der Waals surface area contributed by atoms with Crippen molar-refractivity contribution in [3.05, 3.63) is 117 Å². The zero-order chi connectivity index (χ0) is 32.0. The maximum absolute atomic E-state index is 14.1. The second kappa shape index (κ2) is 13.8. The summed E-state index contributed by atoms with van der Waals surface area (Å²) in [7, 11) is 0. The average Bonchev–Trinajstić information content (AvgIpc) is 3.50. The second-order valence-corrected chi connectivity index (χ2v) is 10.6. The SMILES string of the molecule is O=C(CSc1cccc(NC(=O)/C(=C/c2ccsc2)NC(=O)c2ccccc2)c1)Nc1c(F)c(F)c(C(F)(F)F)c(F)c1F. The highest BCUT2D eigenvalue weighted by Gasteiger charge is 2.42. The summed E-state index contributed by atoms with van der Waals surface area (Å²) in [6, 6.07) is 15.9. The molecule has 3 N–H and O–H groups in total. The van der Waals surface area contributed by atoms with Gasteiger partial charge in [0.2, 0.25) is 5.91 Å². The number of hydrogen-bond acceptors (Lipinski definition) is 5. The molecule has 0 aliphatic rings. The van der Waals surface area contributed by atoms with Crippen LogP contribution in [0.15, 0.2) is 82.0 Å². The molecule has 1 heterocycles. The summed E-state index contributed by atoms with van der Waals surface area (Å²) >= 11 is 2.16. The van der Waals surface area contributed by atoms with Gasteiger partial charge in [-0.05, 0) is 58.8 Å². The Morgan fingerprint density at radius 1 is 0.841 bits per heavy atom. The van der Waals surface area contributed by atoms with Gasteiger partial charge in [0.1, 0.15) is 16.9 Å². The normalized spacial score (nSPS) is 11.7. The van der Waals surface area contributed by atoms with Gasteiger partial charge >= 0.3 is 6.18 Å². The van der Waals surface area contributed by atoms with Gasteiger partial charge in [-0.25, -0.2) is 17.6 Å². The molecule has 1 aromatic heterocycles. The summed E-state index contributed by atoms with van der Waals surface area (Å²) in [6.07, 6.45) is -4.25. The number of hydrogen-bond donors (Lipinski definition) is 3. The maximum Gasteiger partial charge on any atom is 0.422 e. The van der Waals surface area contributed by atoms with Crippen molar-refractivity contribution in [2.45, 2.75) is 11.1 Å². The Labute approximate surface area is 253 Å². The Morgan fingerprint density at radius 3 is 2.14 bits per heavy atom. The molecule has 6 nitrogen and oxygen atoms in total. The van der Waals surface area contributed by atoms with Crippen molar-refractivity contribution < 1.29 is 45.1 Å². The lowest BCUT2D eigenvalue weighted by molar-refractivity contribution is -0.143. The molecule has 0 saturated heterocycles. The van der Waals surface area contributed by atoms with Gasteiger partial charge < -0.3 is 16.0 Å². The van der Waals surface area contributed by atoms with Crippen molar-refractivity contribution in [1.29, 1.82) is 0 Å². The van der Waals surface area contributed by atoms with Crippen LogP contribution in [0.3, 0.4) is 0 Å². The van der Waals surface area contributed by atoms with Crippen LogP contribution in [-0.2, 0) is 15.8 Å². The average molecular weight is 654 g/mol. The van der Waals surface area contributed by atoms with E-state index in [-0.39, 0.29) is 11.4 Å². The Kier molecular flexibility index (Phi) is 10.1. The smallest absolute Gasteiger partial charge is 0.321 e. The molecular weight excluding hydrogens is 635 g/mol. The van der Waals surface area contributed by atoms with Crippen molar-refractivity contribution in [3.8, 4) is 0 Å². The van der Waals surface area contributed by atoms with Gasteiger partial charge in [0.15, 0.2) is 23.3 Å². The largest absolute Gasteiger partial charge is 0.422 e. The molecule has 15 heteroatoms. The van der Waals surface area contributed by atoms with E-state index in [2.05, 4.69) is 10.6 Å². The van der Waals surface area contributed by atoms with Crippen LogP contribution in [0.2, 0.25) is 0 Å². The summed E-state index contributed by atoms with van der Waals surface area (Å²) in [5, 5.41) is 10.3. The third kappa shape index (κ3) is 7.85. The Bertz CT molecular complexity index is 1700. The second-order valence-electron chi connectivity index (χ2n) is 8.76. The fraction of sp³-hybridized carbons (Fsp3) is 0.0690. The first kappa shape index (κ1) is 32.3. The van der Waals surface area contributed by atoms with E-state index in [1.165, 1.54) is 41.7 Å². The highest BCUT2D eigenvalue weighted by Crippen LogP contribution is 2.38. The van der Waals surface area contributed by atoms with Crippen LogP contribution in [0.1, 0.15) is 21.5 Å². The van der Waals surface area contributed by atoms with Gasteiger partial charge in [-0.3, -0.25) is 14.4 Å². The lowest BCUT2D eigenvalue weighted by atomic mass is 10.1. The summed E-state index contributed by atoms with van der Waals surface area (Å²) in [4.78, 5) is 38.4. The number of rotatable bonds is 9. The van der Waals surface area contributed by atoms with E-state index in [9.17, 15) is 45.1 Å². The minimum absolute atomic E-state index is 0.0743. The van der Waals surface area contributed by atoms with E-state index < -0.39 is 64.2 Å². The quantitative estimate of drug-likeness (QED) is 0.0758. The van der Waals surface area contributed by atoms with Crippen molar-refractivity contribution >= 4 is 58.3 Å². The molecule has 228 valence electrons. The molecule has 3 amide bonds. The number of amides is 3. The molecule has 4 rings (SSSR count). The first-order chi connectivity index (χ1) is 20.8. The molecule has 44 heavy (non-hydrogen) atoms. The number of carbonyl (C=O) groups excluding carboxylic acids is 3. The van der Waals surface area contributed by atoms with Gasteiger partial charge in [-0.1, -0.05) is 24.3 Å². The van der Waals surface area contributed by atoms with E-state index in [0.717, 1.165) is 11.8 Å². The van der Waals surface area contributed by atoms with Gasteiger partial charge in [0.25, 0.3) is 11.8 Å². The van der Waals surface area contributed by atoms with Crippen LogP contribution in [0.4, 0.5) is 42.1 Å². The van der Waals surface area contributed by atoms with Gasteiger partial charge in [-0.15, -0.1) is 11.8 Å². The van der Waals surface area contributed by atoms with Gasteiger partial charge in [-0.2, -0.15) is 24.5 Å². The van der Waals surface area contributed by atoms with Gasteiger partial charge in [0.05, 0.1) is 5.75 Å². The lowest BCUT2D eigenvalue weighted by Gasteiger charge is -2.14. The minimum atomic E-state index is -5.72. The zero-order valence-corrected chi connectivity index (χ0v) is 23.5. The number of thioether (sulfide) groups is 1. The summed E-state index contributed by atoms with van der Waals surface area (Å²) in [6.45, 7) is 0. The number of alkyl halides is 3. The summed E-state index contributed by atoms with van der Waals surface area (Å²) < 4.78 is 94.3. The number of anilines is 2. The fourth-order valence-electron chi connectivity index (χ4n) is 3.64. The van der Waals surface area contributed by atoms with Crippen molar-refractivity contribution in [2.75, 3.05) is 16.4 Å². The molecule has 0 radical (unpaired) electrons. The van der Waals surface area contributed by atoms with Crippen LogP contribution in [-0.4, -0.2) is 23.5 Å². The van der Waals surface area contributed by atoms with E-state index in [4.69, 9.17) is 0 Å². The van der Waals surface area contributed by atoms with Gasteiger partial charge in [0, 0.05) is 16.1 Å². The number of carbonyl (C=O) groups is 3. The molecule has 0 atom stereocenters. The standard InChI is InChI=1S/C29H18F7N3O3S2/c30-22-21(29(34,35)36)23(31)25(33)26(24(22)32)39-20(40)14-44-18-8-4-7-17(12-18)37-28(42)19(11-15-9-10-43-13-15)38-27(41)16-5-2-1-3-6-16/h1-13H,14H2,(H,37,42)(H,38,41)(H,39,40)/b19-11-. The molecular formula is C29H18F7N3O3S2. The predicted molar refractivity (Wildman–Crippen MR) is 152 cm³/mol. The first-order valence-corrected chi connectivity index (χ1v) is 14.2. The monoisotopic (exact) mass is 653 g/mol. The third-order valence-corrected chi connectivity index (χ3v) is 7.35. The molecule has 0 saturated carbocycles. The van der Waals surface area contributed by atoms with E-state index in [1.807, 2.05) is 0 Å². The predicted octanol–water partition coefficient (Wildman–Crippen LogP) is 7.46. The van der Waals surface area contributed by atoms with Crippen LogP contribution >= 0.6 is 23.1 Å². The number of thiophene rings is 1. The summed E-state index contributed by atoms with van der Waals surface area (Å²) in [5.41, 5.74) is -3.34. The van der Waals surface area contributed by atoms with Crippen LogP contribution in [0.25, 0.3) is 6.08 Å².